The van der Waals surface area contributed by atoms with Gasteiger partial charge in [-0.05, 0) is 0 Å². The summed E-state index contributed by atoms with van der Waals surface area (Å²) in [6.07, 6.45) is 10.6. The molecule has 1 aliphatic rings. The van der Waals surface area contributed by atoms with Crippen molar-refractivity contribution >= 4 is 0 Å². The molecule has 0 saturated heterocycles. The fourth-order valence-corrected chi connectivity index (χ4v) is 14.1. The number of nitrogens with zero attached hydrogens (tertiary/aromatic N) is 3. The van der Waals surface area contributed by atoms with Crippen LogP contribution in [0.2, 0.25) is 3.72 Å². The molecule has 0 spiro atoms. The van der Waals surface area contributed by atoms with Crippen LogP contribution in [0, 0.1) is 5.41 Å². The molecular formula is C16H33N3Ti. The number of allylic oxidation sites excluding steroid dienone is 4. The van der Waals surface area contributed by atoms with Crippen LogP contribution in [-0.4, -0.2) is 52.4 Å². The van der Waals surface area contributed by atoms with Crippen LogP contribution in [0.3, 0.4) is 0 Å². The van der Waals surface area contributed by atoms with Gasteiger partial charge in [0.25, 0.3) is 0 Å². The Bertz CT molecular complexity index is 355. The van der Waals surface area contributed by atoms with Crippen molar-refractivity contribution in [3.63, 3.8) is 0 Å². The third-order valence-electron chi connectivity index (χ3n) is 4.22. The van der Waals surface area contributed by atoms with Gasteiger partial charge >= 0.3 is 130 Å². The van der Waals surface area contributed by atoms with Crippen LogP contribution in [0.5, 0.6) is 0 Å². The van der Waals surface area contributed by atoms with E-state index in [1.165, 1.54) is 6.42 Å². The third kappa shape index (κ3) is 2.98. The maximum atomic E-state index is 2.52. The SMILES string of the molecule is C[N](C)[Ti]([N](C)C)([N](C)C)[C]1(CC(C)(C)C)C=CC=C1. The second-order valence-electron chi connectivity index (χ2n) is 7.81. The second kappa shape index (κ2) is 6.06. The molecule has 116 valence electrons. The van der Waals surface area contributed by atoms with Gasteiger partial charge in [-0.25, -0.2) is 0 Å². The van der Waals surface area contributed by atoms with Gasteiger partial charge in [0, 0.05) is 0 Å². The van der Waals surface area contributed by atoms with Crippen LogP contribution in [0.4, 0.5) is 0 Å². The van der Waals surface area contributed by atoms with Gasteiger partial charge in [-0.15, -0.1) is 0 Å². The van der Waals surface area contributed by atoms with E-state index >= 15 is 0 Å². The molecule has 0 amide bonds. The molecule has 0 N–H and O–H groups in total. The third-order valence-corrected chi connectivity index (χ3v) is 12.8. The monoisotopic (exact) mass is 315 g/mol. The average Bonchev–Trinajstić information content (AvgIpc) is 2.62. The summed E-state index contributed by atoms with van der Waals surface area (Å²) in [4.78, 5) is 0. The van der Waals surface area contributed by atoms with Crippen molar-refractivity contribution in [2.24, 2.45) is 5.41 Å². The van der Waals surface area contributed by atoms with E-state index in [1.807, 2.05) is 0 Å². The van der Waals surface area contributed by atoms with Gasteiger partial charge in [-0.2, -0.15) is 0 Å². The van der Waals surface area contributed by atoms with Gasteiger partial charge in [-0.1, -0.05) is 0 Å². The van der Waals surface area contributed by atoms with Crippen LogP contribution < -0.4 is 0 Å². The first-order valence-electron chi connectivity index (χ1n) is 7.39. The Labute approximate surface area is 130 Å². The van der Waals surface area contributed by atoms with Gasteiger partial charge in [0.15, 0.2) is 0 Å². The molecular weight excluding hydrogens is 282 g/mol. The molecule has 20 heavy (non-hydrogen) atoms. The van der Waals surface area contributed by atoms with Crippen LogP contribution in [0.1, 0.15) is 27.2 Å². The molecule has 0 bridgehead atoms. The zero-order chi connectivity index (χ0) is 15.8. The zero-order valence-corrected chi connectivity index (χ0v) is 16.4. The number of hydrogen-bond donors (Lipinski definition) is 0. The van der Waals surface area contributed by atoms with Crippen LogP contribution in [0.25, 0.3) is 0 Å². The van der Waals surface area contributed by atoms with E-state index in [0.29, 0.717) is 5.41 Å². The molecule has 0 heterocycles. The quantitative estimate of drug-likeness (QED) is 0.721. The first kappa shape index (κ1) is 18.1. The summed E-state index contributed by atoms with van der Waals surface area (Å²) in [6.45, 7) is 7.05. The maximum absolute atomic E-state index is 2.67. The minimum atomic E-state index is -2.67. The summed E-state index contributed by atoms with van der Waals surface area (Å²) >= 11 is -2.67. The van der Waals surface area contributed by atoms with Crippen molar-refractivity contribution < 1.29 is 17.4 Å². The predicted octanol–water partition coefficient (Wildman–Crippen LogP) is 3.29. The van der Waals surface area contributed by atoms with E-state index in [4.69, 9.17) is 0 Å². The predicted molar refractivity (Wildman–Crippen MR) is 86.1 cm³/mol. The molecule has 0 aromatic heterocycles. The fourth-order valence-electron chi connectivity index (χ4n) is 4.30. The van der Waals surface area contributed by atoms with Gasteiger partial charge in [0.05, 0.1) is 0 Å². The molecule has 0 fully saturated rings. The van der Waals surface area contributed by atoms with Gasteiger partial charge in [0.2, 0.25) is 0 Å². The van der Waals surface area contributed by atoms with Crippen molar-refractivity contribution in [3.8, 4) is 0 Å². The Hall–Kier alpha value is 0.0743. The zero-order valence-electron chi connectivity index (χ0n) is 14.9. The van der Waals surface area contributed by atoms with E-state index in [0.717, 1.165) is 0 Å². The Kier molecular flexibility index (Phi) is 5.49. The number of rotatable bonds is 5. The molecule has 0 unspecified atom stereocenters. The normalized spacial score (nSPS) is 18.8. The molecule has 0 radical (unpaired) electrons. The Morgan fingerprint density at radius 3 is 1.40 bits per heavy atom. The average molecular weight is 315 g/mol. The summed E-state index contributed by atoms with van der Waals surface area (Å²) in [7, 11) is 13.5. The molecule has 0 aromatic rings. The van der Waals surface area contributed by atoms with E-state index in [-0.39, 0.29) is 3.72 Å². The van der Waals surface area contributed by atoms with Crippen molar-refractivity contribution in [1.82, 2.24) is 10.1 Å². The van der Waals surface area contributed by atoms with Crippen LogP contribution >= 0.6 is 0 Å². The van der Waals surface area contributed by atoms with Crippen LogP contribution in [0.15, 0.2) is 24.3 Å². The summed E-state index contributed by atoms with van der Waals surface area (Å²) in [5.41, 5.74) is 0.303. The fraction of sp³-hybridized carbons (Fsp3) is 0.750. The van der Waals surface area contributed by atoms with Gasteiger partial charge in [0.1, 0.15) is 0 Å². The first-order valence-corrected chi connectivity index (χ1v) is 10.3. The second-order valence-corrected chi connectivity index (χ2v) is 15.4. The minimum absolute atomic E-state index is 0.161. The van der Waals surface area contributed by atoms with Crippen molar-refractivity contribution in [2.45, 2.75) is 30.9 Å². The standard InChI is InChI=1S/C10H15.3C2H6N.Ti/c1-10(2,3)8-9-6-4-5-7-9;3*1-3-2;/h4-7H,8H2,1-3H3;3*1-2H3;/q;3*-1;+3. The van der Waals surface area contributed by atoms with Gasteiger partial charge < -0.3 is 0 Å². The van der Waals surface area contributed by atoms with Crippen molar-refractivity contribution in [1.29, 1.82) is 0 Å². The molecule has 0 aromatic carbocycles. The van der Waals surface area contributed by atoms with Crippen LogP contribution in [-0.2, 0) is 17.4 Å². The number of hydrogen-bond acceptors (Lipinski definition) is 3. The van der Waals surface area contributed by atoms with E-state index in [1.54, 1.807) is 0 Å². The Morgan fingerprint density at radius 1 is 0.800 bits per heavy atom. The molecule has 3 nitrogen and oxygen atoms in total. The Morgan fingerprint density at radius 2 is 1.15 bits per heavy atom. The first-order chi connectivity index (χ1) is 8.99. The summed E-state index contributed by atoms with van der Waals surface area (Å²) in [6, 6.07) is 0. The van der Waals surface area contributed by atoms with E-state index in [9.17, 15) is 0 Å². The molecule has 4 heteroatoms. The molecule has 0 saturated carbocycles. The van der Waals surface area contributed by atoms with Gasteiger partial charge in [-0.3, -0.25) is 0 Å². The summed E-state index contributed by atoms with van der Waals surface area (Å²) in [5, 5.41) is 0. The van der Waals surface area contributed by atoms with Crippen molar-refractivity contribution in [2.75, 3.05) is 42.3 Å². The summed E-state index contributed by atoms with van der Waals surface area (Å²) in [5.74, 6) is 0. The molecule has 0 atom stereocenters. The Balaban J connectivity index is 3.49. The molecule has 0 aliphatic heterocycles. The summed E-state index contributed by atoms with van der Waals surface area (Å²) < 4.78 is 7.72. The topological polar surface area (TPSA) is 9.72 Å². The van der Waals surface area contributed by atoms with E-state index < -0.39 is 17.4 Å². The molecule has 1 aliphatic carbocycles. The van der Waals surface area contributed by atoms with E-state index in [2.05, 4.69) is 97.5 Å². The molecule has 1 rings (SSSR count). The van der Waals surface area contributed by atoms with Crippen molar-refractivity contribution in [3.05, 3.63) is 24.3 Å².